The number of ether oxygens (including phenoxy) is 1. The van der Waals surface area contributed by atoms with E-state index in [1.807, 2.05) is 36.4 Å². The van der Waals surface area contributed by atoms with E-state index in [1.54, 1.807) is 16.2 Å². The van der Waals surface area contributed by atoms with Gasteiger partial charge >= 0.3 is 6.03 Å². The predicted octanol–water partition coefficient (Wildman–Crippen LogP) is 3.43. The van der Waals surface area contributed by atoms with Crippen molar-refractivity contribution in [3.63, 3.8) is 0 Å². The Morgan fingerprint density at radius 3 is 2.85 bits per heavy atom. The van der Waals surface area contributed by atoms with Crippen LogP contribution >= 0.6 is 11.3 Å². The highest BCUT2D eigenvalue weighted by molar-refractivity contribution is 7.20. The Balaban J connectivity index is 1.28. The summed E-state index contributed by atoms with van der Waals surface area (Å²) in [6.45, 7) is 2.48. The fourth-order valence-electron chi connectivity index (χ4n) is 4.15. The molecule has 2 amide bonds. The number of carbonyl (C=O) groups excluding carboxylic acids is 1. The first-order chi connectivity index (χ1) is 13.2. The summed E-state index contributed by atoms with van der Waals surface area (Å²) in [5, 5.41) is 0.658. The first-order valence-corrected chi connectivity index (χ1v) is 9.90. The molecular formula is C20H20N4O2S. The number of piperazine rings is 1. The zero-order valence-corrected chi connectivity index (χ0v) is 15.6. The van der Waals surface area contributed by atoms with Gasteiger partial charge in [-0.05, 0) is 36.2 Å². The molecular weight excluding hydrogens is 360 g/mol. The largest absolute Gasteiger partial charge is 0.431 e. The second kappa shape index (κ2) is 6.51. The second-order valence-corrected chi connectivity index (χ2v) is 8.15. The van der Waals surface area contributed by atoms with Crippen molar-refractivity contribution < 1.29 is 9.53 Å². The molecule has 2 aliphatic rings. The molecule has 7 heteroatoms. The van der Waals surface area contributed by atoms with Crippen LogP contribution in [-0.4, -0.2) is 46.0 Å². The molecule has 3 aromatic rings. The molecule has 2 aromatic carbocycles. The lowest BCUT2D eigenvalue weighted by Gasteiger charge is -2.33. The van der Waals surface area contributed by atoms with Crippen LogP contribution in [-0.2, 0) is 6.54 Å². The predicted molar refractivity (Wildman–Crippen MR) is 105 cm³/mol. The van der Waals surface area contributed by atoms with Crippen molar-refractivity contribution in [2.75, 3.05) is 13.1 Å². The molecule has 2 atom stereocenters. The van der Waals surface area contributed by atoms with Crippen LogP contribution in [0.4, 0.5) is 4.79 Å². The second-order valence-electron chi connectivity index (χ2n) is 7.16. The van der Waals surface area contributed by atoms with Gasteiger partial charge in [-0.1, -0.05) is 35.6 Å². The summed E-state index contributed by atoms with van der Waals surface area (Å²) in [7, 11) is 0. The van der Waals surface area contributed by atoms with Gasteiger partial charge in [0.25, 0.3) is 5.19 Å². The van der Waals surface area contributed by atoms with Gasteiger partial charge in [-0.3, -0.25) is 4.90 Å². The minimum Gasteiger partial charge on any atom is -0.431 e. The number of benzene rings is 2. The Kier molecular flexibility index (Phi) is 3.98. The quantitative estimate of drug-likeness (QED) is 0.753. The normalized spacial score (nSPS) is 21.9. The molecule has 2 bridgehead atoms. The topological polar surface area (TPSA) is 71.7 Å². The third kappa shape index (κ3) is 3.13. The molecule has 6 nitrogen and oxygen atoms in total. The number of likely N-dealkylation sites (tertiary alicyclic amines) is 2. The smallest absolute Gasteiger partial charge is 0.315 e. The Morgan fingerprint density at radius 2 is 2.07 bits per heavy atom. The number of amides is 2. The molecule has 2 aliphatic heterocycles. The number of para-hydroxylation sites is 1. The van der Waals surface area contributed by atoms with Crippen molar-refractivity contribution in [2.24, 2.45) is 5.73 Å². The Labute approximate surface area is 161 Å². The van der Waals surface area contributed by atoms with Crippen LogP contribution in [0.5, 0.6) is 10.9 Å². The Bertz CT molecular complexity index is 971. The molecule has 2 fully saturated rings. The Morgan fingerprint density at radius 1 is 1.19 bits per heavy atom. The average molecular weight is 380 g/mol. The minimum atomic E-state index is -0.298. The fourth-order valence-corrected chi connectivity index (χ4v) is 4.99. The first kappa shape index (κ1) is 16.5. The number of nitrogens with two attached hydrogens (primary N) is 1. The van der Waals surface area contributed by atoms with Gasteiger partial charge in [-0.25, -0.2) is 9.78 Å². The molecule has 1 aromatic heterocycles. The van der Waals surface area contributed by atoms with Crippen molar-refractivity contribution in [3.8, 4) is 10.9 Å². The summed E-state index contributed by atoms with van der Waals surface area (Å²) >= 11 is 1.55. The lowest BCUT2D eigenvalue weighted by Crippen LogP contribution is -2.50. The zero-order chi connectivity index (χ0) is 18.4. The molecule has 2 N–H and O–H groups in total. The molecule has 0 spiro atoms. The summed E-state index contributed by atoms with van der Waals surface area (Å²) in [5.41, 5.74) is 7.61. The number of nitrogens with zero attached hydrogens (tertiary/aromatic N) is 3. The highest BCUT2D eigenvalue weighted by Crippen LogP contribution is 2.33. The van der Waals surface area contributed by atoms with Crippen LogP contribution in [0.3, 0.4) is 0 Å². The van der Waals surface area contributed by atoms with Crippen LogP contribution in [0.2, 0.25) is 0 Å². The van der Waals surface area contributed by atoms with Gasteiger partial charge in [0, 0.05) is 31.7 Å². The number of aromatic nitrogens is 1. The van der Waals surface area contributed by atoms with Crippen LogP contribution in [0.25, 0.3) is 10.2 Å². The molecule has 0 saturated carbocycles. The van der Waals surface area contributed by atoms with E-state index in [4.69, 9.17) is 10.5 Å². The van der Waals surface area contributed by atoms with Crippen molar-refractivity contribution in [3.05, 3.63) is 54.1 Å². The van der Waals surface area contributed by atoms with E-state index in [1.165, 1.54) is 5.56 Å². The van der Waals surface area contributed by atoms with E-state index in [-0.39, 0.29) is 12.1 Å². The third-order valence-corrected chi connectivity index (χ3v) is 6.32. The van der Waals surface area contributed by atoms with E-state index in [0.717, 1.165) is 42.0 Å². The van der Waals surface area contributed by atoms with Gasteiger partial charge in [-0.2, -0.15) is 0 Å². The molecule has 138 valence electrons. The van der Waals surface area contributed by atoms with E-state index in [2.05, 4.69) is 22.0 Å². The molecule has 3 heterocycles. The number of thiazole rings is 1. The summed E-state index contributed by atoms with van der Waals surface area (Å²) in [6, 6.07) is 16.6. The standard InChI is InChI=1S/C20H20N4O2S/c21-19(25)24-12-14-9-15(24)11-23(14)10-13-4-3-5-16(8-13)26-20-22-17-6-1-2-7-18(17)27-20/h1-8,14-15H,9-12H2,(H2,21,25)/t14-,15-/m0/s1. The molecule has 5 rings (SSSR count). The average Bonchev–Trinajstić information content (AvgIpc) is 3.34. The number of fused-ring (bicyclic) bond motifs is 3. The molecule has 0 aliphatic carbocycles. The van der Waals surface area contributed by atoms with Gasteiger partial charge in [-0.15, -0.1) is 0 Å². The Hall–Kier alpha value is -2.64. The fraction of sp³-hybridized carbons (Fsp3) is 0.300. The lowest BCUT2D eigenvalue weighted by molar-refractivity contribution is 0.137. The van der Waals surface area contributed by atoms with E-state index >= 15 is 0 Å². The van der Waals surface area contributed by atoms with Crippen molar-refractivity contribution >= 4 is 27.6 Å². The van der Waals surface area contributed by atoms with Crippen molar-refractivity contribution in [2.45, 2.75) is 25.0 Å². The van der Waals surface area contributed by atoms with Gasteiger partial charge in [0.1, 0.15) is 5.75 Å². The molecule has 27 heavy (non-hydrogen) atoms. The highest BCUT2D eigenvalue weighted by atomic mass is 32.1. The van der Waals surface area contributed by atoms with Gasteiger partial charge in [0.15, 0.2) is 0 Å². The minimum absolute atomic E-state index is 0.259. The number of urea groups is 1. The van der Waals surface area contributed by atoms with Crippen LogP contribution in [0.1, 0.15) is 12.0 Å². The number of hydrogen-bond donors (Lipinski definition) is 1. The lowest BCUT2D eigenvalue weighted by atomic mass is 10.2. The van der Waals surface area contributed by atoms with Crippen LogP contribution < -0.4 is 10.5 Å². The van der Waals surface area contributed by atoms with Gasteiger partial charge in [0.2, 0.25) is 0 Å². The zero-order valence-electron chi connectivity index (χ0n) is 14.7. The monoisotopic (exact) mass is 380 g/mol. The molecule has 0 radical (unpaired) electrons. The third-order valence-electron chi connectivity index (χ3n) is 5.40. The maximum absolute atomic E-state index is 11.4. The summed E-state index contributed by atoms with van der Waals surface area (Å²) < 4.78 is 7.12. The molecule has 2 saturated heterocycles. The van der Waals surface area contributed by atoms with Gasteiger partial charge in [0.05, 0.1) is 10.2 Å². The van der Waals surface area contributed by atoms with E-state index in [0.29, 0.717) is 11.2 Å². The van der Waals surface area contributed by atoms with Crippen LogP contribution in [0.15, 0.2) is 48.5 Å². The maximum Gasteiger partial charge on any atom is 0.315 e. The number of primary amides is 1. The van der Waals surface area contributed by atoms with Crippen molar-refractivity contribution in [1.82, 2.24) is 14.8 Å². The summed E-state index contributed by atoms with van der Waals surface area (Å²) in [5.74, 6) is 0.801. The SMILES string of the molecule is NC(=O)N1C[C@@H]2C[C@H]1CN2Cc1cccc(Oc2nc3ccccc3s2)c1. The maximum atomic E-state index is 11.4. The van der Waals surface area contributed by atoms with Crippen molar-refractivity contribution in [1.29, 1.82) is 0 Å². The van der Waals surface area contributed by atoms with Crippen LogP contribution in [0, 0.1) is 0 Å². The first-order valence-electron chi connectivity index (χ1n) is 9.08. The number of hydrogen-bond acceptors (Lipinski definition) is 5. The van der Waals surface area contributed by atoms with E-state index < -0.39 is 0 Å². The number of rotatable bonds is 4. The summed E-state index contributed by atoms with van der Waals surface area (Å²) in [6.07, 6.45) is 1.02. The number of carbonyl (C=O) groups is 1. The van der Waals surface area contributed by atoms with E-state index in [9.17, 15) is 4.79 Å². The van der Waals surface area contributed by atoms with Gasteiger partial charge < -0.3 is 15.4 Å². The summed E-state index contributed by atoms with van der Waals surface area (Å²) in [4.78, 5) is 20.2. The molecule has 0 unspecified atom stereocenters. The highest BCUT2D eigenvalue weighted by Gasteiger charge is 2.44.